The molecule has 1 N–H and O–H groups in total. The molecule has 38 heavy (non-hydrogen) atoms. The van der Waals surface area contributed by atoms with Crippen LogP contribution in [-0.4, -0.2) is 33.7 Å². The van der Waals surface area contributed by atoms with E-state index in [2.05, 4.69) is 17.5 Å². The van der Waals surface area contributed by atoms with Crippen molar-refractivity contribution in [2.75, 3.05) is 17.5 Å². The standard InChI is InChI=1S/C30H37N3O4S/c1-4-5-6-7-13-20-37-29-17-12-11-14-26(29)22-31-32-30(34)23-33(27-19-18-24(2)25(3)21-27)38(35,36)28-15-9-8-10-16-28/h8-12,14-19,21-22H,4-7,13,20,23H2,1-3H3,(H,32,34). The number of aryl methyl sites for hydroxylation is 2. The summed E-state index contributed by atoms with van der Waals surface area (Å²) in [6.45, 7) is 6.23. The van der Waals surface area contributed by atoms with E-state index in [0.29, 0.717) is 18.0 Å². The Morgan fingerprint density at radius 1 is 0.921 bits per heavy atom. The molecular formula is C30H37N3O4S. The van der Waals surface area contributed by atoms with Gasteiger partial charge in [0.25, 0.3) is 15.9 Å². The van der Waals surface area contributed by atoms with E-state index in [4.69, 9.17) is 4.74 Å². The molecule has 0 aromatic heterocycles. The third-order valence-electron chi connectivity index (χ3n) is 6.21. The molecule has 0 aliphatic rings. The van der Waals surface area contributed by atoms with E-state index in [-0.39, 0.29) is 4.90 Å². The van der Waals surface area contributed by atoms with Crippen LogP contribution in [0.3, 0.4) is 0 Å². The van der Waals surface area contributed by atoms with Crippen molar-refractivity contribution in [3.8, 4) is 5.75 Å². The SMILES string of the molecule is CCCCCCCOc1ccccc1C=NNC(=O)CN(c1ccc(C)c(C)c1)S(=O)(=O)c1ccccc1. The number of para-hydroxylation sites is 1. The van der Waals surface area contributed by atoms with Crippen LogP contribution in [0.15, 0.2) is 82.8 Å². The number of unbranched alkanes of at least 4 members (excludes halogenated alkanes) is 4. The van der Waals surface area contributed by atoms with Crippen LogP contribution in [0, 0.1) is 13.8 Å². The van der Waals surface area contributed by atoms with E-state index in [1.165, 1.54) is 37.6 Å². The minimum Gasteiger partial charge on any atom is -0.493 e. The minimum absolute atomic E-state index is 0.107. The molecule has 3 rings (SSSR count). The van der Waals surface area contributed by atoms with Gasteiger partial charge in [-0.2, -0.15) is 5.10 Å². The van der Waals surface area contributed by atoms with Crippen LogP contribution in [0.1, 0.15) is 55.7 Å². The number of nitrogens with zero attached hydrogens (tertiary/aromatic N) is 2. The molecular weight excluding hydrogens is 498 g/mol. The molecule has 0 heterocycles. The first-order valence-corrected chi connectivity index (χ1v) is 14.5. The summed E-state index contributed by atoms with van der Waals surface area (Å²) in [6.07, 6.45) is 7.25. The molecule has 0 saturated carbocycles. The highest BCUT2D eigenvalue weighted by molar-refractivity contribution is 7.92. The fourth-order valence-corrected chi connectivity index (χ4v) is 5.30. The van der Waals surface area contributed by atoms with E-state index in [1.54, 1.807) is 30.3 Å². The van der Waals surface area contributed by atoms with Crippen LogP contribution < -0.4 is 14.5 Å². The van der Waals surface area contributed by atoms with Crippen LogP contribution in [0.4, 0.5) is 5.69 Å². The number of carbonyl (C=O) groups excluding carboxylic acids is 1. The summed E-state index contributed by atoms with van der Waals surface area (Å²) >= 11 is 0. The molecule has 0 saturated heterocycles. The van der Waals surface area contributed by atoms with Gasteiger partial charge in [-0.3, -0.25) is 9.10 Å². The van der Waals surface area contributed by atoms with Crippen molar-refractivity contribution in [2.24, 2.45) is 5.10 Å². The Morgan fingerprint density at radius 2 is 1.63 bits per heavy atom. The summed E-state index contributed by atoms with van der Waals surface area (Å²) in [7, 11) is -3.98. The van der Waals surface area contributed by atoms with Crippen LogP contribution in [0.25, 0.3) is 0 Å². The highest BCUT2D eigenvalue weighted by Gasteiger charge is 2.27. The van der Waals surface area contributed by atoms with Crippen LogP contribution in [-0.2, 0) is 14.8 Å². The lowest BCUT2D eigenvalue weighted by Gasteiger charge is -2.24. The Kier molecular flexibility index (Phi) is 10.9. The van der Waals surface area contributed by atoms with Crippen LogP contribution in [0.2, 0.25) is 0 Å². The van der Waals surface area contributed by atoms with Gasteiger partial charge in [-0.15, -0.1) is 0 Å². The number of anilines is 1. The van der Waals surface area contributed by atoms with Crippen molar-refractivity contribution in [1.29, 1.82) is 0 Å². The lowest BCUT2D eigenvalue weighted by atomic mass is 10.1. The van der Waals surface area contributed by atoms with E-state index >= 15 is 0 Å². The summed E-state index contributed by atoms with van der Waals surface area (Å²) in [5.41, 5.74) is 5.56. The summed E-state index contributed by atoms with van der Waals surface area (Å²) in [6, 6.07) is 20.9. The maximum Gasteiger partial charge on any atom is 0.264 e. The second-order valence-corrected chi connectivity index (χ2v) is 11.0. The number of benzene rings is 3. The highest BCUT2D eigenvalue weighted by Crippen LogP contribution is 2.25. The number of rotatable bonds is 14. The zero-order chi connectivity index (χ0) is 27.4. The average Bonchev–Trinajstić information content (AvgIpc) is 2.92. The molecule has 0 atom stereocenters. The summed E-state index contributed by atoms with van der Waals surface area (Å²) < 4.78 is 34.0. The first-order valence-electron chi connectivity index (χ1n) is 13.0. The lowest BCUT2D eigenvalue weighted by molar-refractivity contribution is -0.119. The van der Waals surface area contributed by atoms with Gasteiger partial charge in [0.15, 0.2) is 0 Å². The van der Waals surface area contributed by atoms with Crippen molar-refractivity contribution in [2.45, 2.75) is 57.8 Å². The molecule has 8 heteroatoms. The average molecular weight is 536 g/mol. The third-order valence-corrected chi connectivity index (χ3v) is 8.00. The number of carbonyl (C=O) groups is 1. The van der Waals surface area contributed by atoms with Crippen LogP contribution >= 0.6 is 0 Å². The monoisotopic (exact) mass is 535 g/mol. The van der Waals surface area contributed by atoms with Gasteiger partial charge in [-0.25, -0.2) is 13.8 Å². The van der Waals surface area contributed by atoms with Crippen molar-refractivity contribution in [3.63, 3.8) is 0 Å². The molecule has 0 bridgehead atoms. The fourth-order valence-electron chi connectivity index (χ4n) is 3.86. The van der Waals surface area contributed by atoms with Gasteiger partial charge in [-0.05, 0) is 67.8 Å². The Hall–Kier alpha value is -3.65. The first kappa shape index (κ1) is 28.9. The molecule has 3 aromatic carbocycles. The maximum atomic E-state index is 13.5. The van der Waals surface area contributed by atoms with Gasteiger partial charge in [-0.1, -0.05) is 69.0 Å². The van der Waals surface area contributed by atoms with Gasteiger partial charge in [0.2, 0.25) is 0 Å². The lowest BCUT2D eigenvalue weighted by Crippen LogP contribution is -2.39. The minimum atomic E-state index is -3.98. The van der Waals surface area contributed by atoms with E-state index in [9.17, 15) is 13.2 Å². The predicted octanol–water partition coefficient (Wildman–Crippen LogP) is 6.00. The van der Waals surface area contributed by atoms with Crippen LogP contribution in [0.5, 0.6) is 5.75 Å². The molecule has 0 radical (unpaired) electrons. The van der Waals surface area contributed by atoms with E-state index in [0.717, 1.165) is 33.8 Å². The summed E-state index contributed by atoms with van der Waals surface area (Å²) in [5, 5.41) is 4.08. The van der Waals surface area contributed by atoms with Crippen molar-refractivity contribution < 1.29 is 17.9 Å². The van der Waals surface area contributed by atoms with Gasteiger partial charge in [0.1, 0.15) is 12.3 Å². The molecule has 1 amide bonds. The molecule has 202 valence electrons. The number of hydrazone groups is 1. The molecule has 0 spiro atoms. The number of hydrogen-bond donors (Lipinski definition) is 1. The van der Waals surface area contributed by atoms with Crippen molar-refractivity contribution in [3.05, 3.63) is 89.5 Å². The number of nitrogens with one attached hydrogen (secondary N) is 1. The molecule has 0 fully saturated rings. The Balaban J connectivity index is 1.70. The van der Waals surface area contributed by atoms with Crippen molar-refractivity contribution in [1.82, 2.24) is 5.43 Å². The Labute approximate surface area is 226 Å². The normalized spacial score (nSPS) is 11.4. The number of sulfonamides is 1. The zero-order valence-corrected chi connectivity index (χ0v) is 23.2. The fraction of sp³-hybridized carbons (Fsp3) is 0.333. The number of hydrogen-bond acceptors (Lipinski definition) is 5. The van der Waals surface area contributed by atoms with E-state index in [1.807, 2.05) is 44.2 Å². The van der Waals surface area contributed by atoms with E-state index < -0.39 is 22.5 Å². The Morgan fingerprint density at radius 3 is 2.37 bits per heavy atom. The summed E-state index contributed by atoms with van der Waals surface area (Å²) in [5.74, 6) is 0.123. The van der Waals surface area contributed by atoms with Gasteiger partial charge in [0, 0.05) is 5.56 Å². The van der Waals surface area contributed by atoms with Gasteiger partial charge in [0.05, 0.1) is 23.4 Å². The molecule has 0 aliphatic heterocycles. The smallest absolute Gasteiger partial charge is 0.264 e. The Bertz CT molecular complexity index is 1320. The second kappa shape index (κ2) is 14.3. The largest absolute Gasteiger partial charge is 0.493 e. The topological polar surface area (TPSA) is 88.1 Å². The van der Waals surface area contributed by atoms with Gasteiger partial charge >= 0.3 is 0 Å². The predicted molar refractivity (Wildman–Crippen MR) is 153 cm³/mol. The molecule has 7 nitrogen and oxygen atoms in total. The highest BCUT2D eigenvalue weighted by atomic mass is 32.2. The maximum absolute atomic E-state index is 13.5. The molecule has 0 aliphatic carbocycles. The third kappa shape index (κ3) is 8.18. The second-order valence-electron chi connectivity index (χ2n) is 9.19. The molecule has 0 unspecified atom stereocenters. The van der Waals surface area contributed by atoms with Crippen molar-refractivity contribution >= 4 is 27.8 Å². The zero-order valence-electron chi connectivity index (χ0n) is 22.4. The number of amides is 1. The number of ether oxygens (including phenoxy) is 1. The molecule has 3 aromatic rings. The summed E-state index contributed by atoms with van der Waals surface area (Å²) in [4.78, 5) is 13.0. The quantitative estimate of drug-likeness (QED) is 0.156. The first-order chi connectivity index (χ1) is 18.3. The van der Waals surface area contributed by atoms with Gasteiger partial charge < -0.3 is 4.74 Å².